The van der Waals surface area contributed by atoms with Gasteiger partial charge in [-0.25, -0.2) is 8.42 Å². The van der Waals surface area contributed by atoms with E-state index in [4.69, 9.17) is 5.73 Å². The number of rotatable bonds is 9. The number of hydrogen-bond acceptors (Lipinski definition) is 5. The minimum absolute atomic E-state index is 0.0000176. The number of nitrogens with two attached hydrogens (primary N) is 1. The van der Waals surface area contributed by atoms with Crippen molar-refractivity contribution in [3.8, 4) is 0 Å². The molecule has 2 atom stereocenters. The van der Waals surface area contributed by atoms with E-state index in [2.05, 4.69) is 15.4 Å². The monoisotopic (exact) mass is 398 g/mol. The van der Waals surface area contributed by atoms with Crippen molar-refractivity contribution in [3.63, 3.8) is 0 Å². The highest BCUT2D eigenvalue weighted by Gasteiger charge is 2.29. The smallest absolute Gasteiger partial charge is 0.241 e. The molecule has 0 fully saturated rings. The number of amides is 2. The van der Waals surface area contributed by atoms with Gasteiger partial charge in [0.2, 0.25) is 21.8 Å². The molecular formula is C18H30N4O4S. The summed E-state index contributed by atoms with van der Waals surface area (Å²) in [6.45, 7) is 8.98. The fraction of sp³-hybridized carbons (Fsp3) is 0.556. The molecule has 0 aliphatic rings. The zero-order valence-electron chi connectivity index (χ0n) is 16.5. The van der Waals surface area contributed by atoms with Crippen LogP contribution < -0.4 is 21.1 Å². The van der Waals surface area contributed by atoms with Crippen LogP contribution in [0.25, 0.3) is 0 Å². The second-order valence-corrected chi connectivity index (χ2v) is 9.11. The van der Waals surface area contributed by atoms with Crippen LogP contribution >= 0.6 is 0 Å². The molecule has 8 nitrogen and oxygen atoms in total. The summed E-state index contributed by atoms with van der Waals surface area (Å²) in [6, 6.07) is 4.72. The van der Waals surface area contributed by atoms with Gasteiger partial charge in [0.1, 0.15) is 0 Å². The van der Waals surface area contributed by atoms with Crippen LogP contribution in [0.4, 0.5) is 5.69 Å². The first-order valence-corrected chi connectivity index (χ1v) is 10.3. The molecule has 0 saturated carbocycles. The van der Waals surface area contributed by atoms with E-state index in [1.54, 1.807) is 0 Å². The fourth-order valence-electron chi connectivity index (χ4n) is 2.77. The molecule has 9 heteroatoms. The van der Waals surface area contributed by atoms with Crippen LogP contribution in [0.1, 0.15) is 41.0 Å². The van der Waals surface area contributed by atoms with Gasteiger partial charge in [0.05, 0.1) is 10.9 Å². The molecule has 5 N–H and O–H groups in total. The summed E-state index contributed by atoms with van der Waals surface area (Å²) in [6.07, 6.45) is 0.680. The van der Waals surface area contributed by atoms with E-state index in [-0.39, 0.29) is 17.3 Å². The Hall–Kier alpha value is -1.97. The number of hydrogen-bond donors (Lipinski definition) is 4. The van der Waals surface area contributed by atoms with Crippen molar-refractivity contribution in [3.05, 3.63) is 24.3 Å². The van der Waals surface area contributed by atoms with Crippen LogP contribution in [0.2, 0.25) is 0 Å². The number of sulfonamides is 1. The Kier molecular flexibility index (Phi) is 7.94. The van der Waals surface area contributed by atoms with Crippen molar-refractivity contribution in [1.29, 1.82) is 0 Å². The van der Waals surface area contributed by atoms with Gasteiger partial charge in [0.15, 0.2) is 0 Å². The lowest BCUT2D eigenvalue weighted by molar-refractivity contribution is -0.124. The third-order valence-corrected chi connectivity index (χ3v) is 5.50. The third kappa shape index (κ3) is 7.28. The van der Waals surface area contributed by atoms with Crippen molar-refractivity contribution in [2.24, 2.45) is 11.7 Å². The average Bonchev–Trinajstić information content (AvgIpc) is 2.53. The summed E-state index contributed by atoms with van der Waals surface area (Å²) >= 11 is 0. The lowest BCUT2D eigenvalue weighted by Crippen LogP contribution is -2.57. The summed E-state index contributed by atoms with van der Waals surface area (Å²) in [4.78, 5) is 23.5. The maximum Gasteiger partial charge on any atom is 0.241 e. The maximum absolute atomic E-state index is 12.5. The first-order valence-electron chi connectivity index (χ1n) is 8.80. The summed E-state index contributed by atoms with van der Waals surface area (Å²) < 4.78 is 27.3. The topological polar surface area (TPSA) is 130 Å². The molecule has 0 aliphatic heterocycles. The predicted octanol–water partition coefficient (Wildman–Crippen LogP) is 1.19. The summed E-state index contributed by atoms with van der Waals surface area (Å²) in [7, 11) is -3.89. The van der Waals surface area contributed by atoms with Crippen molar-refractivity contribution in [2.45, 2.75) is 57.5 Å². The molecular weight excluding hydrogens is 368 g/mol. The van der Waals surface area contributed by atoms with E-state index >= 15 is 0 Å². The van der Waals surface area contributed by atoms with E-state index < -0.39 is 27.5 Å². The highest BCUT2D eigenvalue weighted by atomic mass is 32.2. The van der Waals surface area contributed by atoms with Crippen LogP contribution in [0.3, 0.4) is 0 Å². The predicted molar refractivity (Wildman–Crippen MR) is 106 cm³/mol. The number of nitrogens with one attached hydrogen (secondary N) is 3. The molecule has 0 radical (unpaired) electrons. The normalized spacial score (nSPS) is 15.1. The summed E-state index contributed by atoms with van der Waals surface area (Å²) in [5, 5.41) is 5.40. The van der Waals surface area contributed by atoms with Gasteiger partial charge in [-0.05, 0) is 50.5 Å². The van der Waals surface area contributed by atoms with Gasteiger partial charge in [-0.15, -0.1) is 0 Å². The van der Waals surface area contributed by atoms with E-state index in [0.29, 0.717) is 18.0 Å². The largest absolute Gasteiger partial charge is 0.348 e. The molecule has 2 amide bonds. The molecule has 0 saturated heterocycles. The Morgan fingerprint density at radius 2 is 1.70 bits per heavy atom. The van der Waals surface area contributed by atoms with Gasteiger partial charge in [0, 0.05) is 24.7 Å². The standard InChI is InChI=1S/C18H30N4O4S/c1-12(2)10-18(5,11-19)21-17(24)13(3)22-27(25,26)16-8-6-15(7-9-16)20-14(4)23/h6-9,12-13,22H,10-11,19H2,1-5H3,(H,20,23)(H,21,24). The molecule has 0 aromatic heterocycles. The summed E-state index contributed by atoms with van der Waals surface area (Å²) in [5.41, 5.74) is 5.67. The van der Waals surface area contributed by atoms with E-state index in [0.717, 1.165) is 0 Å². The van der Waals surface area contributed by atoms with Crippen LogP contribution in [0, 0.1) is 5.92 Å². The van der Waals surface area contributed by atoms with Gasteiger partial charge in [-0.1, -0.05) is 13.8 Å². The second-order valence-electron chi connectivity index (χ2n) is 7.40. The van der Waals surface area contributed by atoms with Gasteiger partial charge in [-0.2, -0.15) is 4.72 Å². The molecule has 27 heavy (non-hydrogen) atoms. The number of benzene rings is 1. The lowest BCUT2D eigenvalue weighted by Gasteiger charge is -2.32. The average molecular weight is 399 g/mol. The molecule has 0 bridgehead atoms. The van der Waals surface area contributed by atoms with E-state index in [1.807, 2.05) is 20.8 Å². The molecule has 0 heterocycles. The number of carbonyl (C=O) groups excluding carboxylic acids is 2. The van der Waals surface area contributed by atoms with E-state index in [9.17, 15) is 18.0 Å². The van der Waals surface area contributed by atoms with Crippen LogP contribution in [0.15, 0.2) is 29.2 Å². The Bertz CT molecular complexity index is 762. The molecule has 2 unspecified atom stereocenters. The quantitative estimate of drug-likeness (QED) is 0.496. The van der Waals surface area contributed by atoms with Crippen LogP contribution in [0.5, 0.6) is 0 Å². The Morgan fingerprint density at radius 1 is 1.15 bits per heavy atom. The third-order valence-electron chi connectivity index (χ3n) is 3.94. The Balaban J connectivity index is 2.82. The molecule has 1 aromatic carbocycles. The van der Waals surface area contributed by atoms with Crippen molar-refractivity contribution in [2.75, 3.05) is 11.9 Å². The molecule has 1 aromatic rings. The second kappa shape index (κ2) is 9.29. The lowest BCUT2D eigenvalue weighted by atomic mass is 9.90. The first kappa shape index (κ1) is 23.1. The van der Waals surface area contributed by atoms with Crippen molar-refractivity contribution < 1.29 is 18.0 Å². The SMILES string of the molecule is CC(=O)Nc1ccc(S(=O)(=O)NC(C)C(=O)NC(C)(CN)CC(C)C)cc1. The van der Waals surface area contributed by atoms with E-state index in [1.165, 1.54) is 38.1 Å². The Morgan fingerprint density at radius 3 is 2.15 bits per heavy atom. The highest BCUT2D eigenvalue weighted by Crippen LogP contribution is 2.17. The van der Waals surface area contributed by atoms with Crippen molar-refractivity contribution >= 4 is 27.5 Å². The van der Waals surface area contributed by atoms with Crippen LogP contribution in [-0.2, 0) is 19.6 Å². The minimum atomic E-state index is -3.89. The zero-order chi connectivity index (χ0) is 20.8. The molecule has 0 spiro atoms. The molecule has 1 rings (SSSR count). The van der Waals surface area contributed by atoms with Gasteiger partial charge < -0.3 is 16.4 Å². The number of carbonyl (C=O) groups is 2. The zero-order valence-corrected chi connectivity index (χ0v) is 17.3. The molecule has 152 valence electrons. The van der Waals surface area contributed by atoms with Gasteiger partial charge in [-0.3, -0.25) is 9.59 Å². The van der Waals surface area contributed by atoms with Gasteiger partial charge in [0.25, 0.3) is 0 Å². The van der Waals surface area contributed by atoms with Gasteiger partial charge >= 0.3 is 0 Å². The maximum atomic E-state index is 12.5. The molecule has 0 aliphatic carbocycles. The first-order chi connectivity index (χ1) is 12.4. The Labute approximate surface area is 161 Å². The summed E-state index contributed by atoms with van der Waals surface area (Å²) in [5.74, 6) is -0.367. The minimum Gasteiger partial charge on any atom is -0.348 e. The highest BCUT2D eigenvalue weighted by molar-refractivity contribution is 7.89. The fourth-order valence-corrected chi connectivity index (χ4v) is 3.97. The van der Waals surface area contributed by atoms with Crippen LogP contribution in [-0.4, -0.2) is 38.4 Å². The number of anilines is 1. The van der Waals surface area contributed by atoms with Crippen molar-refractivity contribution in [1.82, 2.24) is 10.0 Å².